The lowest BCUT2D eigenvalue weighted by atomic mass is 10.0. The highest BCUT2D eigenvalue weighted by Crippen LogP contribution is 2.44. The quantitative estimate of drug-likeness (QED) is 0.177. The molecular weight excluding hydrogens is 681 g/mol. The molecule has 0 radical (unpaired) electrons. The van der Waals surface area contributed by atoms with Gasteiger partial charge in [-0.05, 0) is 84.4 Å². The summed E-state index contributed by atoms with van der Waals surface area (Å²) in [6.07, 6.45) is 0. The van der Waals surface area contributed by atoms with Gasteiger partial charge < -0.3 is 22.6 Å². The summed E-state index contributed by atoms with van der Waals surface area (Å²) in [5.41, 5.74) is 12.2. The predicted octanol–water partition coefficient (Wildman–Crippen LogP) is 14.3. The van der Waals surface area contributed by atoms with Crippen LogP contribution in [0.1, 0.15) is 0 Å². The van der Waals surface area contributed by atoms with Gasteiger partial charge in [0.25, 0.3) is 0 Å². The first-order chi connectivity index (χ1) is 27.2. The van der Waals surface area contributed by atoms with Gasteiger partial charge in [0.1, 0.15) is 39.0 Å². The number of nitrogens with zero attached hydrogens (tertiary/aromatic N) is 2. The lowest BCUT2D eigenvalue weighted by Gasteiger charge is -2.25. The highest BCUT2D eigenvalue weighted by Gasteiger charge is 2.22. The van der Waals surface area contributed by atoms with E-state index < -0.39 is 0 Å². The maximum atomic E-state index is 6.63. The fourth-order valence-corrected chi connectivity index (χ4v) is 8.14. The zero-order valence-corrected chi connectivity index (χ0v) is 29.2. The van der Waals surface area contributed by atoms with Crippen molar-refractivity contribution in [2.24, 2.45) is 0 Å². The molecule has 0 saturated carbocycles. The maximum Gasteiger partial charge on any atom is 0.227 e. The Morgan fingerprint density at radius 2 is 0.927 bits per heavy atom. The number of aromatic nitrogens is 1. The highest BCUT2D eigenvalue weighted by atomic mass is 16.4. The molecule has 0 N–H and O–H groups in total. The number of furan rings is 3. The predicted molar refractivity (Wildman–Crippen MR) is 221 cm³/mol. The van der Waals surface area contributed by atoms with Gasteiger partial charge in [0, 0.05) is 61.2 Å². The van der Waals surface area contributed by atoms with Crippen LogP contribution in [0.3, 0.4) is 0 Å². The van der Waals surface area contributed by atoms with Gasteiger partial charge in [-0.15, -0.1) is 0 Å². The summed E-state index contributed by atoms with van der Waals surface area (Å²) in [5, 5.41) is 6.28. The van der Waals surface area contributed by atoms with Gasteiger partial charge in [-0.3, -0.25) is 0 Å². The van der Waals surface area contributed by atoms with Crippen molar-refractivity contribution in [2.45, 2.75) is 0 Å². The summed E-state index contributed by atoms with van der Waals surface area (Å²) in [6.45, 7) is 0. The Morgan fingerprint density at radius 3 is 1.71 bits per heavy atom. The van der Waals surface area contributed by atoms with Crippen LogP contribution < -0.4 is 4.90 Å². The zero-order valence-electron chi connectivity index (χ0n) is 29.2. The van der Waals surface area contributed by atoms with E-state index in [-0.39, 0.29) is 0 Å². The summed E-state index contributed by atoms with van der Waals surface area (Å²) < 4.78 is 25.6. The molecule has 258 valence electrons. The van der Waals surface area contributed by atoms with E-state index in [4.69, 9.17) is 22.7 Å². The number of benzene rings is 8. The number of hydrogen-bond acceptors (Lipinski definition) is 6. The molecule has 12 aromatic rings. The zero-order chi connectivity index (χ0) is 36.0. The molecule has 8 aromatic carbocycles. The van der Waals surface area contributed by atoms with Crippen LogP contribution in [-0.2, 0) is 0 Å². The maximum absolute atomic E-state index is 6.63. The number of anilines is 3. The third kappa shape index (κ3) is 4.58. The van der Waals surface area contributed by atoms with E-state index in [1.165, 1.54) is 0 Å². The summed E-state index contributed by atoms with van der Waals surface area (Å²) in [7, 11) is 0. The Bertz CT molecular complexity index is 3440. The minimum absolute atomic E-state index is 0.570. The van der Waals surface area contributed by atoms with E-state index in [0.29, 0.717) is 5.89 Å². The smallest absolute Gasteiger partial charge is 0.227 e. The molecule has 0 atom stereocenters. The van der Waals surface area contributed by atoms with Crippen molar-refractivity contribution in [1.82, 2.24) is 4.98 Å². The van der Waals surface area contributed by atoms with Crippen LogP contribution >= 0.6 is 0 Å². The van der Waals surface area contributed by atoms with Crippen LogP contribution in [0, 0.1) is 0 Å². The van der Waals surface area contributed by atoms with Gasteiger partial charge >= 0.3 is 0 Å². The molecular formula is C49H28N2O4. The minimum Gasteiger partial charge on any atom is -0.456 e. The Morgan fingerprint density at radius 1 is 0.364 bits per heavy atom. The number of hydrogen-bond donors (Lipinski definition) is 0. The van der Waals surface area contributed by atoms with Crippen LogP contribution in [0.15, 0.2) is 188 Å². The largest absolute Gasteiger partial charge is 0.456 e. The van der Waals surface area contributed by atoms with E-state index in [1.54, 1.807) is 0 Å². The molecule has 55 heavy (non-hydrogen) atoms. The Balaban J connectivity index is 1.04. The second-order valence-electron chi connectivity index (χ2n) is 13.9. The summed E-state index contributed by atoms with van der Waals surface area (Å²) >= 11 is 0. The molecule has 4 heterocycles. The van der Waals surface area contributed by atoms with Gasteiger partial charge in [0.2, 0.25) is 5.89 Å². The van der Waals surface area contributed by atoms with Crippen LogP contribution in [-0.4, -0.2) is 4.98 Å². The van der Waals surface area contributed by atoms with E-state index >= 15 is 0 Å². The number of oxazole rings is 1. The van der Waals surface area contributed by atoms with Crippen LogP contribution in [0.5, 0.6) is 0 Å². The Hall–Kier alpha value is -7.57. The van der Waals surface area contributed by atoms with Crippen LogP contribution in [0.25, 0.3) is 99.5 Å². The fourth-order valence-electron chi connectivity index (χ4n) is 8.14. The van der Waals surface area contributed by atoms with Crippen LogP contribution in [0.2, 0.25) is 0 Å². The molecule has 0 unspecified atom stereocenters. The lowest BCUT2D eigenvalue weighted by Crippen LogP contribution is -2.09. The number of fused-ring (bicyclic) bond motifs is 11. The fraction of sp³-hybridized carbons (Fsp3) is 0. The van der Waals surface area contributed by atoms with Crippen molar-refractivity contribution < 1.29 is 17.7 Å². The molecule has 0 aliphatic rings. The second kappa shape index (κ2) is 11.5. The topological polar surface area (TPSA) is 68.7 Å². The van der Waals surface area contributed by atoms with Gasteiger partial charge in [-0.1, -0.05) is 84.9 Å². The Labute approximate surface area is 313 Å². The Kier molecular flexibility index (Phi) is 6.24. The molecule has 0 aliphatic heterocycles. The third-order valence-electron chi connectivity index (χ3n) is 10.7. The first-order valence-corrected chi connectivity index (χ1v) is 18.3. The number of rotatable bonds is 5. The molecule has 0 aliphatic carbocycles. The molecule has 12 rings (SSSR count). The molecule has 0 saturated heterocycles. The number of para-hydroxylation sites is 3. The van der Waals surface area contributed by atoms with Gasteiger partial charge in [0.15, 0.2) is 5.58 Å². The van der Waals surface area contributed by atoms with Crippen molar-refractivity contribution >= 4 is 94.0 Å². The standard InChI is InChI=1S/C49H28N2O4/c1-2-10-30(11-3-1)49-50-47-46-37-14-6-9-17-42(37)54-45(46)28-38(48(47)55-49)29-18-20-31(21-19-29)51(32-23-25-43-39(26-32)35-13-5-8-16-41(35)52-43)33-22-24-36-34-12-4-7-15-40(34)53-44(36)27-33/h1-28H. The molecule has 4 aromatic heterocycles. The average molecular weight is 709 g/mol. The van der Waals surface area contributed by atoms with Crippen LogP contribution in [0.4, 0.5) is 17.1 Å². The summed E-state index contributed by atoms with van der Waals surface area (Å²) in [4.78, 5) is 7.34. The van der Waals surface area contributed by atoms with E-state index in [9.17, 15) is 0 Å². The minimum atomic E-state index is 0.570. The van der Waals surface area contributed by atoms with E-state index in [2.05, 4.69) is 89.8 Å². The normalized spacial score (nSPS) is 12.0. The SMILES string of the molecule is c1ccc(-c2nc3c(o2)c(-c2ccc(N(c4ccc5c(c4)oc4ccccc45)c4ccc5oc6ccccc6c5c4)cc2)cc2oc4ccccc4c23)cc1. The first kappa shape index (κ1) is 29.9. The summed E-state index contributed by atoms with van der Waals surface area (Å²) in [5.74, 6) is 0.570. The highest BCUT2D eigenvalue weighted by molar-refractivity contribution is 6.20. The van der Waals surface area contributed by atoms with E-state index in [0.717, 1.165) is 111 Å². The van der Waals surface area contributed by atoms with Gasteiger partial charge in [0.05, 0.1) is 5.39 Å². The third-order valence-corrected chi connectivity index (χ3v) is 10.7. The second-order valence-corrected chi connectivity index (χ2v) is 13.9. The van der Waals surface area contributed by atoms with E-state index in [1.807, 2.05) is 84.9 Å². The van der Waals surface area contributed by atoms with Gasteiger partial charge in [-0.2, -0.15) is 0 Å². The monoisotopic (exact) mass is 708 g/mol. The van der Waals surface area contributed by atoms with Crippen molar-refractivity contribution in [3.05, 3.63) is 170 Å². The molecule has 0 spiro atoms. The lowest BCUT2D eigenvalue weighted by molar-refractivity contribution is 0.620. The molecule has 0 fully saturated rings. The molecule has 6 nitrogen and oxygen atoms in total. The average Bonchev–Trinajstić information content (AvgIpc) is 4.02. The molecule has 0 bridgehead atoms. The molecule has 6 heteroatoms. The molecule has 0 amide bonds. The van der Waals surface area contributed by atoms with Gasteiger partial charge in [-0.25, -0.2) is 4.98 Å². The summed E-state index contributed by atoms with van der Waals surface area (Å²) in [6, 6.07) is 57.9. The first-order valence-electron chi connectivity index (χ1n) is 18.3. The van der Waals surface area contributed by atoms with Crippen molar-refractivity contribution in [2.75, 3.05) is 4.90 Å². The van der Waals surface area contributed by atoms with Crippen molar-refractivity contribution in [3.8, 4) is 22.6 Å². The van der Waals surface area contributed by atoms with Crippen molar-refractivity contribution in [3.63, 3.8) is 0 Å². The van der Waals surface area contributed by atoms with Crippen molar-refractivity contribution in [1.29, 1.82) is 0 Å².